The first-order valence-electron chi connectivity index (χ1n) is 7.17. The third-order valence-corrected chi connectivity index (χ3v) is 3.78. The molecule has 23 heavy (non-hydrogen) atoms. The smallest absolute Gasteiger partial charge is 0.191 e. The van der Waals surface area contributed by atoms with Crippen LogP contribution in [0.1, 0.15) is 18.2 Å². The lowest BCUT2D eigenvalue weighted by Gasteiger charge is -2.11. The number of aliphatic imine (C=N–C) groups is 1. The summed E-state index contributed by atoms with van der Waals surface area (Å²) in [5.74, 6) is 1.37. The number of rotatable bonds is 6. The van der Waals surface area contributed by atoms with Crippen LogP contribution in [0.25, 0.3) is 0 Å². The van der Waals surface area contributed by atoms with Crippen molar-refractivity contribution in [2.45, 2.75) is 19.9 Å². The third-order valence-electron chi connectivity index (χ3n) is 3.00. The molecule has 126 valence electrons. The SMILES string of the molecule is CCNC(=NCc1cc(F)ccc1Br)NCCc1ccco1.I. The van der Waals surface area contributed by atoms with Gasteiger partial charge in [0.2, 0.25) is 0 Å². The number of hydrogen-bond acceptors (Lipinski definition) is 2. The monoisotopic (exact) mass is 495 g/mol. The van der Waals surface area contributed by atoms with Crippen molar-refractivity contribution < 1.29 is 8.81 Å². The van der Waals surface area contributed by atoms with Crippen LogP contribution in [0, 0.1) is 5.82 Å². The predicted octanol–water partition coefficient (Wildman–Crippen LogP) is 4.10. The third kappa shape index (κ3) is 6.90. The fourth-order valence-electron chi connectivity index (χ4n) is 1.93. The maximum absolute atomic E-state index is 13.3. The van der Waals surface area contributed by atoms with Gasteiger partial charge >= 0.3 is 0 Å². The number of hydrogen-bond donors (Lipinski definition) is 2. The summed E-state index contributed by atoms with van der Waals surface area (Å²) in [5, 5.41) is 6.40. The first-order valence-corrected chi connectivity index (χ1v) is 7.97. The Kier molecular flexibility index (Phi) is 9.23. The van der Waals surface area contributed by atoms with Crippen molar-refractivity contribution in [3.63, 3.8) is 0 Å². The van der Waals surface area contributed by atoms with Crippen LogP contribution in [0.4, 0.5) is 4.39 Å². The minimum Gasteiger partial charge on any atom is -0.469 e. The van der Waals surface area contributed by atoms with Crippen LogP contribution in [-0.2, 0) is 13.0 Å². The first-order chi connectivity index (χ1) is 10.7. The highest BCUT2D eigenvalue weighted by Gasteiger charge is 2.03. The van der Waals surface area contributed by atoms with Crippen LogP contribution in [-0.4, -0.2) is 19.0 Å². The van der Waals surface area contributed by atoms with E-state index in [1.54, 1.807) is 12.3 Å². The van der Waals surface area contributed by atoms with Gasteiger partial charge in [0.25, 0.3) is 0 Å². The van der Waals surface area contributed by atoms with Gasteiger partial charge in [-0.2, -0.15) is 0 Å². The van der Waals surface area contributed by atoms with E-state index in [2.05, 4.69) is 31.6 Å². The largest absolute Gasteiger partial charge is 0.469 e. The van der Waals surface area contributed by atoms with Gasteiger partial charge in [-0.1, -0.05) is 15.9 Å². The van der Waals surface area contributed by atoms with E-state index in [1.807, 2.05) is 19.1 Å². The second-order valence-electron chi connectivity index (χ2n) is 4.69. The summed E-state index contributed by atoms with van der Waals surface area (Å²) in [5.41, 5.74) is 0.809. The fourth-order valence-corrected chi connectivity index (χ4v) is 2.30. The number of nitrogens with zero attached hydrogens (tertiary/aromatic N) is 1. The molecule has 0 bridgehead atoms. The van der Waals surface area contributed by atoms with Crippen molar-refractivity contribution >= 4 is 45.9 Å². The molecule has 0 saturated carbocycles. The molecule has 0 spiro atoms. The van der Waals surface area contributed by atoms with E-state index in [9.17, 15) is 4.39 Å². The summed E-state index contributed by atoms with van der Waals surface area (Å²) >= 11 is 3.41. The van der Waals surface area contributed by atoms with E-state index in [1.165, 1.54) is 12.1 Å². The van der Waals surface area contributed by atoms with E-state index in [4.69, 9.17) is 4.42 Å². The van der Waals surface area contributed by atoms with E-state index < -0.39 is 0 Å². The lowest BCUT2D eigenvalue weighted by Crippen LogP contribution is -2.38. The minimum absolute atomic E-state index is 0. The molecule has 1 aromatic carbocycles. The topological polar surface area (TPSA) is 49.6 Å². The van der Waals surface area contributed by atoms with Crippen LogP contribution in [0.2, 0.25) is 0 Å². The first kappa shape index (κ1) is 20.0. The standard InChI is InChI=1S/C16H19BrFN3O.HI/c1-2-19-16(20-8-7-14-4-3-9-22-14)21-11-12-10-13(18)5-6-15(12)17;/h3-6,9-10H,2,7-8,11H2,1H3,(H2,19,20,21);1H. The zero-order chi connectivity index (χ0) is 15.8. The zero-order valence-electron chi connectivity index (χ0n) is 12.8. The molecule has 0 aliphatic heterocycles. The van der Waals surface area contributed by atoms with Gasteiger partial charge in [-0.05, 0) is 42.8 Å². The fraction of sp³-hybridized carbons (Fsp3) is 0.312. The van der Waals surface area contributed by atoms with Crippen LogP contribution in [0.15, 0.2) is 50.5 Å². The summed E-state index contributed by atoms with van der Waals surface area (Å²) in [6, 6.07) is 8.41. The molecular formula is C16H20BrFIN3O. The lowest BCUT2D eigenvalue weighted by molar-refractivity contribution is 0.507. The van der Waals surface area contributed by atoms with Crippen molar-refractivity contribution in [1.29, 1.82) is 0 Å². The molecule has 1 aromatic heterocycles. The van der Waals surface area contributed by atoms with E-state index >= 15 is 0 Å². The Labute approximate surface area is 161 Å². The molecule has 7 heteroatoms. The Morgan fingerprint density at radius 1 is 1.30 bits per heavy atom. The Hall–Kier alpha value is -1.09. The molecule has 1 heterocycles. The van der Waals surface area contributed by atoms with Gasteiger partial charge in [0.05, 0.1) is 12.8 Å². The number of benzene rings is 1. The van der Waals surface area contributed by atoms with Crippen LogP contribution in [0.5, 0.6) is 0 Å². The molecule has 4 nitrogen and oxygen atoms in total. The molecule has 2 aromatic rings. The molecular weight excluding hydrogens is 476 g/mol. The van der Waals surface area contributed by atoms with Crippen LogP contribution < -0.4 is 10.6 Å². The van der Waals surface area contributed by atoms with E-state index in [-0.39, 0.29) is 29.8 Å². The Morgan fingerprint density at radius 2 is 2.13 bits per heavy atom. The molecule has 0 radical (unpaired) electrons. The van der Waals surface area contributed by atoms with Gasteiger partial charge in [0.1, 0.15) is 11.6 Å². The minimum atomic E-state index is -0.260. The molecule has 0 saturated heterocycles. The van der Waals surface area contributed by atoms with Crippen molar-refractivity contribution in [1.82, 2.24) is 10.6 Å². The maximum atomic E-state index is 13.3. The average Bonchev–Trinajstić information content (AvgIpc) is 3.01. The van der Waals surface area contributed by atoms with Crippen molar-refractivity contribution in [2.75, 3.05) is 13.1 Å². The van der Waals surface area contributed by atoms with E-state index in [0.717, 1.165) is 28.8 Å². The lowest BCUT2D eigenvalue weighted by atomic mass is 10.2. The van der Waals surface area contributed by atoms with E-state index in [0.29, 0.717) is 19.0 Å². The van der Waals surface area contributed by atoms with Gasteiger partial charge in [0.15, 0.2) is 5.96 Å². The normalized spacial score (nSPS) is 11.0. The maximum Gasteiger partial charge on any atom is 0.191 e. The highest BCUT2D eigenvalue weighted by molar-refractivity contribution is 14.0. The summed E-state index contributed by atoms with van der Waals surface area (Å²) in [6.45, 7) is 3.87. The highest BCUT2D eigenvalue weighted by atomic mass is 127. The molecule has 2 N–H and O–H groups in total. The highest BCUT2D eigenvalue weighted by Crippen LogP contribution is 2.18. The Morgan fingerprint density at radius 3 is 2.83 bits per heavy atom. The molecule has 0 atom stereocenters. The quantitative estimate of drug-likeness (QED) is 0.360. The number of guanidine groups is 1. The molecule has 0 amide bonds. The molecule has 0 fully saturated rings. The number of halogens is 3. The van der Waals surface area contributed by atoms with Gasteiger partial charge in [-0.15, -0.1) is 24.0 Å². The molecule has 0 aliphatic rings. The predicted molar refractivity (Wildman–Crippen MR) is 105 cm³/mol. The molecule has 0 unspecified atom stereocenters. The van der Waals surface area contributed by atoms with Gasteiger partial charge in [0, 0.05) is 24.0 Å². The van der Waals surface area contributed by atoms with Crippen LogP contribution >= 0.6 is 39.9 Å². The number of furan rings is 1. The second-order valence-corrected chi connectivity index (χ2v) is 5.54. The number of nitrogens with one attached hydrogen (secondary N) is 2. The summed E-state index contributed by atoms with van der Waals surface area (Å²) in [7, 11) is 0. The van der Waals surface area contributed by atoms with Gasteiger partial charge in [-0.25, -0.2) is 9.38 Å². The average molecular weight is 496 g/mol. The van der Waals surface area contributed by atoms with Crippen molar-refractivity contribution in [3.8, 4) is 0 Å². The van der Waals surface area contributed by atoms with Crippen molar-refractivity contribution in [3.05, 3.63) is 58.2 Å². The molecule has 0 aliphatic carbocycles. The van der Waals surface area contributed by atoms with Gasteiger partial charge in [-0.3, -0.25) is 0 Å². The van der Waals surface area contributed by atoms with Crippen LogP contribution in [0.3, 0.4) is 0 Å². The Balaban J connectivity index is 0.00000264. The summed E-state index contributed by atoms with van der Waals surface area (Å²) in [4.78, 5) is 4.47. The summed E-state index contributed by atoms with van der Waals surface area (Å²) in [6.07, 6.45) is 2.44. The molecule has 2 rings (SSSR count). The van der Waals surface area contributed by atoms with Crippen molar-refractivity contribution in [2.24, 2.45) is 4.99 Å². The van der Waals surface area contributed by atoms with Gasteiger partial charge < -0.3 is 15.1 Å². The Bertz CT molecular complexity index is 620. The second kappa shape index (κ2) is 10.6. The zero-order valence-corrected chi connectivity index (χ0v) is 16.7. The summed E-state index contributed by atoms with van der Waals surface area (Å²) < 4.78 is 19.4.